The molecule has 0 spiro atoms. The summed E-state index contributed by atoms with van der Waals surface area (Å²) < 4.78 is 0. The third-order valence-electron chi connectivity index (χ3n) is 2.65. The molecule has 0 aliphatic rings. The van der Waals surface area contributed by atoms with Crippen LogP contribution in [0.1, 0.15) is 5.56 Å². The molecule has 9 heteroatoms. The predicted molar refractivity (Wildman–Crippen MR) is 72.8 cm³/mol. The van der Waals surface area contributed by atoms with Gasteiger partial charge in [0.1, 0.15) is 6.33 Å². The fourth-order valence-corrected chi connectivity index (χ4v) is 1.76. The summed E-state index contributed by atoms with van der Waals surface area (Å²) in [4.78, 5) is 23.9. The lowest BCUT2D eigenvalue weighted by atomic mass is 10.2. The minimum absolute atomic E-state index is 0.0263. The number of hydrogen-bond donors (Lipinski definition) is 2. The van der Waals surface area contributed by atoms with Crippen molar-refractivity contribution in [1.82, 2.24) is 15.0 Å². The van der Waals surface area contributed by atoms with Gasteiger partial charge in [-0.25, -0.2) is 15.8 Å². The van der Waals surface area contributed by atoms with Crippen molar-refractivity contribution in [3.05, 3.63) is 46.5 Å². The molecular weight excluding hydrogens is 262 g/mol. The van der Waals surface area contributed by atoms with Crippen LogP contribution in [0.4, 0.5) is 17.3 Å². The molecule has 0 fully saturated rings. The van der Waals surface area contributed by atoms with E-state index in [2.05, 4.69) is 20.4 Å². The lowest BCUT2D eigenvalue weighted by Crippen LogP contribution is -2.21. The second kappa shape index (κ2) is 5.89. The molecule has 0 aromatic carbocycles. The zero-order chi connectivity index (χ0) is 14.5. The molecule has 0 amide bonds. The van der Waals surface area contributed by atoms with Gasteiger partial charge in [0.25, 0.3) is 0 Å². The van der Waals surface area contributed by atoms with Crippen molar-refractivity contribution in [1.29, 1.82) is 0 Å². The number of pyridine rings is 1. The van der Waals surface area contributed by atoms with Crippen LogP contribution in [-0.4, -0.2) is 26.9 Å². The second-order valence-electron chi connectivity index (χ2n) is 4.01. The highest BCUT2D eigenvalue weighted by Gasteiger charge is 2.25. The molecule has 104 valence electrons. The van der Waals surface area contributed by atoms with Gasteiger partial charge in [0.05, 0.1) is 4.92 Å². The molecule has 2 aromatic rings. The van der Waals surface area contributed by atoms with Crippen LogP contribution in [0.15, 0.2) is 30.9 Å². The Hall–Kier alpha value is -2.81. The zero-order valence-corrected chi connectivity index (χ0v) is 10.7. The quantitative estimate of drug-likeness (QED) is 0.464. The molecule has 0 bridgehead atoms. The Labute approximate surface area is 114 Å². The molecule has 0 atom stereocenters. The number of anilines is 2. The van der Waals surface area contributed by atoms with E-state index < -0.39 is 4.92 Å². The van der Waals surface area contributed by atoms with Crippen LogP contribution in [0.25, 0.3) is 0 Å². The zero-order valence-electron chi connectivity index (χ0n) is 10.7. The Bertz CT molecular complexity index is 605. The molecule has 3 N–H and O–H groups in total. The van der Waals surface area contributed by atoms with E-state index in [1.165, 1.54) is 6.33 Å². The van der Waals surface area contributed by atoms with Gasteiger partial charge in [0, 0.05) is 26.0 Å². The Morgan fingerprint density at radius 3 is 2.70 bits per heavy atom. The molecule has 0 saturated heterocycles. The number of nitro groups is 1. The molecule has 0 aliphatic carbocycles. The van der Waals surface area contributed by atoms with Gasteiger partial charge in [-0.05, 0) is 17.7 Å². The summed E-state index contributed by atoms with van der Waals surface area (Å²) in [5, 5.41) is 11.2. The average molecular weight is 275 g/mol. The summed E-state index contributed by atoms with van der Waals surface area (Å²) in [7, 11) is 1.70. The maximum Gasteiger partial charge on any atom is 0.354 e. The van der Waals surface area contributed by atoms with Crippen molar-refractivity contribution in [2.45, 2.75) is 6.54 Å². The van der Waals surface area contributed by atoms with E-state index in [0.29, 0.717) is 6.54 Å². The largest absolute Gasteiger partial charge is 0.354 e. The highest BCUT2D eigenvalue weighted by Crippen LogP contribution is 2.30. The topological polar surface area (TPSA) is 123 Å². The maximum absolute atomic E-state index is 11.2. The van der Waals surface area contributed by atoms with E-state index in [9.17, 15) is 10.1 Å². The van der Waals surface area contributed by atoms with Gasteiger partial charge in [-0.3, -0.25) is 15.1 Å². The van der Waals surface area contributed by atoms with E-state index in [-0.39, 0.29) is 17.3 Å². The molecule has 20 heavy (non-hydrogen) atoms. The molecule has 0 radical (unpaired) electrons. The molecule has 2 aromatic heterocycles. The van der Waals surface area contributed by atoms with Crippen LogP contribution in [-0.2, 0) is 6.54 Å². The number of rotatable bonds is 5. The summed E-state index contributed by atoms with van der Waals surface area (Å²) in [6.07, 6.45) is 4.54. The molecule has 0 saturated carbocycles. The number of aromatic nitrogens is 3. The lowest BCUT2D eigenvalue weighted by molar-refractivity contribution is -0.383. The second-order valence-corrected chi connectivity index (χ2v) is 4.01. The minimum atomic E-state index is -0.562. The number of hydrogen-bond acceptors (Lipinski definition) is 8. The van der Waals surface area contributed by atoms with Crippen molar-refractivity contribution >= 4 is 17.3 Å². The van der Waals surface area contributed by atoms with Crippen LogP contribution >= 0.6 is 0 Å². The first-order valence-corrected chi connectivity index (χ1v) is 5.69. The lowest BCUT2D eigenvalue weighted by Gasteiger charge is -2.18. The van der Waals surface area contributed by atoms with Crippen molar-refractivity contribution in [3.8, 4) is 0 Å². The average Bonchev–Trinajstić information content (AvgIpc) is 2.47. The van der Waals surface area contributed by atoms with Gasteiger partial charge >= 0.3 is 5.69 Å². The highest BCUT2D eigenvalue weighted by atomic mass is 16.6. The van der Waals surface area contributed by atoms with Gasteiger partial charge in [-0.1, -0.05) is 0 Å². The summed E-state index contributed by atoms with van der Waals surface area (Å²) in [6, 6.07) is 3.65. The summed E-state index contributed by atoms with van der Waals surface area (Å²) >= 11 is 0. The third-order valence-corrected chi connectivity index (χ3v) is 2.65. The minimum Gasteiger partial charge on any atom is -0.349 e. The van der Waals surface area contributed by atoms with Gasteiger partial charge in [-0.2, -0.15) is 0 Å². The summed E-state index contributed by atoms with van der Waals surface area (Å²) in [6.45, 7) is 0.449. The standard InChI is InChI=1S/C11H13N7O2/c1-17(6-8-2-4-13-5-3-8)11-9(18(19)20)10(16-12)14-7-15-11/h2-5,7H,6,12H2,1H3,(H,14,15,16). The number of nitrogen functional groups attached to an aromatic ring is 1. The Morgan fingerprint density at radius 2 is 2.10 bits per heavy atom. The van der Waals surface area contributed by atoms with E-state index in [0.717, 1.165) is 5.56 Å². The molecular formula is C11H13N7O2. The predicted octanol–water partition coefficient (Wildman–Crippen LogP) is 0.702. The monoisotopic (exact) mass is 275 g/mol. The molecule has 0 aliphatic heterocycles. The van der Waals surface area contributed by atoms with E-state index in [1.54, 1.807) is 24.3 Å². The summed E-state index contributed by atoms with van der Waals surface area (Å²) in [5.41, 5.74) is 2.90. The highest BCUT2D eigenvalue weighted by molar-refractivity contribution is 5.69. The number of nitrogens with one attached hydrogen (secondary N) is 1. The third kappa shape index (κ3) is 2.78. The van der Waals surface area contributed by atoms with Crippen molar-refractivity contribution < 1.29 is 4.92 Å². The normalized spacial score (nSPS) is 10.1. The van der Waals surface area contributed by atoms with Crippen LogP contribution in [0.5, 0.6) is 0 Å². The number of hydrazine groups is 1. The molecule has 9 nitrogen and oxygen atoms in total. The van der Waals surface area contributed by atoms with Gasteiger partial charge in [-0.15, -0.1) is 0 Å². The Morgan fingerprint density at radius 1 is 1.40 bits per heavy atom. The smallest absolute Gasteiger partial charge is 0.349 e. The van der Waals surface area contributed by atoms with Gasteiger partial charge < -0.3 is 10.3 Å². The van der Waals surface area contributed by atoms with E-state index in [1.807, 2.05) is 12.1 Å². The van der Waals surface area contributed by atoms with Crippen LogP contribution in [0.2, 0.25) is 0 Å². The van der Waals surface area contributed by atoms with Crippen molar-refractivity contribution in [2.75, 3.05) is 17.4 Å². The van der Waals surface area contributed by atoms with Crippen LogP contribution in [0, 0.1) is 10.1 Å². The maximum atomic E-state index is 11.2. The van der Waals surface area contributed by atoms with Crippen LogP contribution < -0.4 is 16.2 Å². The number of nitrogens with zero attached hydrogens (tertiary/aromatic N) is 5. The van der Waals surface area contributed by atoms with E-state index >= 15 is 0 Å². The van der Waals surface area contributed by atoms with Crippen molar-refractivity contribution in [2.24, 2.45) is 5.84 Å². The van der Waals surface area contributed by atoms with E-state index in [4.69, 9.17) is 5.84 Å². The Balaban J connectivity index is 2.34. The number of nitrogens with two attached hydrogens (primary N) is 1. The SMILES string of the molecule is CN(Cc1ccncc1)c1ncnc(NN)c1[N+](=O)[O-]. The molecule has 0 unspecified atom stereocenters. The summed E-state index contributed by atoms with van der Waals surface area (Å²) in [5.74, 6) is 5.40. The fraction of sp³-hybridized carbons (Fsp3) is 0.182. The van der Waals surface area contributed by atoms with Gasteiger partial charge in [0.15, 0.2) is 0 Å². The van der Waals surface area contributed by atoms with Crippen molar-refractivity contribution in [3.63, 3.8) is 0 Å². The molecule has 2 heterocycles. The Kier molecular flexibility index (Phi) is 4.01. The molecule has 2 rings (SSSR count). The first-order chi connectivity index (χ1) is 9.63. The van der Waals surface area contributed by atoms with Crippen LogP contribution in [0.3, 0.4) is 0 Å². The first kappa shape index (κ1) is 13.6. The first-order valence-electron chi connectivity index (χ1n) is 5.69. The van der Waals surface area contributed by atoms with Gasteiger partial charge in [0.2, 0.25) is 11.6 Å². The fourth-order valence-electron chi connectivity index (χ4n) is 1.76.